The van der Waals surface area contributed by atoms with E-state index in [9.17, 15) is 13.0 Å². The quantitative estimate of drug-likeness (QED) is 0.617. The van der Waals surface area contributed by atoms with Gasteiger partial charge in [0.05, 0.1) is 4.90 Å². The van der Waals surface area contributed by atoms with Gasteiger partial charge in [-0.05, 0) is 19.1 Å². The van der Waals surface area contributed by atoms with Crippen molar-refractivity contribution in [2.45, 2.75) is 11.8 Å². The monoisotopic (exact) mass is 309 g/mol. The van der Waals surface area contributed by atoms with Crippen LogP contribution in [0.3, 0.4) is 0 Å². The van der Waals surface area contributed by atoms with Crippen molar-refractivity contribution in [1.82, 2.24) is 6.15 Å². The Kier molecular flexibility index (Phi) is 6.60. The molecule has 1 rings (SSSR count). The number of hydrogen-bond donors (Lipinski definition) is 1. The molecule has 0 spiro atoms. The van der Waals surface area contributed by atoms with E-state index in [0.717, 1.165) is 5.56 Å². The zero-order chi connectivity index (χ0) is 8.48. The van der Waals surface area contributed by atoms with Gasteiger partial charge in [0.15, 0.2) is 0 Å². The molecular formula is C7H11NO3SSn. The van der Waals surface area contributed by atoms with Gasteiger partial charge in [-0.1, -0.05) is 17.7 Å². The van der Waals surface area contributed by atoms with Gasteiger partial charge >= 0.3 is 0 Å². The van der Waals surface area contributed by atoms with E-state index in [1.54, 1.807) is 12.1 Å². The summed E-state index contributed by atoms with van der Waals surface area (Å²) >= 11 is 0. The maximum absolute atomic E-state index is 10.4. The summed E-state index contributed by atoms with van der Waals surface area (Å²) in [5.74, 6) is 0. The van der Waals surface area contributed by atoms with E-state index in [2.05, 4.69) is 0 Å². The van der Waals surface area contributed by atoms with Crippen molar-refractivity contribution in [3.63, 3.8) is 0 Å². The van der Waals surface area contributed by atoms with Gasteiger partial charge < -0.3 is 10.7 Å². The molecule has 6 heteroatoms. The standard InChI is InChI=1S/C7H8O3S.H3N.Sn/c1-6-2-4-7(5-3-6)11(8,9)10;;/h2-5H,1H3,(H,8,9,10);1H3;. The van der Waals surface area contributed by atoms with E-state index in [0.29, 0.717) is 0 Å². The van der Waals surface area contributed by atoms with E-state index >= 15 is 0 Å². The molecule has 13 heavy (non-hydrogen) atoms. The second kappa shape index (κ2) is 5.58. The summed E-state index contributed by atoms with van der Waals surface area (Å²) in [6, 6.07) is 5.78. The number of aryl methyl sites for hydroxylation is 1. The van der Waals surface area contributed by atoms with E-state index < -0.39 is 10.1 Å². The van der Waals surface area contributed by atoms with Gasteiger partial charge in [0.25, 0.3) is 0 Å². The van der Waals surface area contributed by atoms with Crippen LogP contribution in [0.4, 0.5) is 0 Å². The number of quaternary nitrogens is 1. The fourth-order valence-electron chi connectivity index (χ4n) is 0.705. The summed E-state index contributed by atoms with van der Waals surface area (Å²) in [6.07, 6.45) is 0. The van der Waals surface area contributed by atoms with Gasteiger partial charge in [-0.25, -0.2) is 8.42 Å². The summed E-state index contributed by atoms with van der Waals surface area (Å²) in [6.45, 7) is 1.82. The van der Waals surface area contributed by atoms with Crippen LogP contribution in [0.5, 0.6) is 0 Å². The van der Waals surface area contributed by atoms with Gasteiger partial charge in [0.1, 0.15) is 10.1 Å². The number of benzene rings is 1. The third kappa shape index (κ3) is 4.61. The minimum Gasteiger partial charge on any atom is -0.744 e. The Morgan fingerprint density at radius 2 is 1.54 bits per heavy atom. The molecule has 0 aliphatic carbocycles. The molecule has 0 aromatic heterocycles. The van der Waals surface area contributed by atoms with E-state index in [-0.39, 0.29) is 35.0 Å². The molecule has 0 atom stereocenters. The van der Waals surface area contributed by atoms with Crippen LogP contribution >= 0.6 is 0 Å². The molecule has 0 bridgehead atoms. The van der Waals surface area contributed by atoms with Gasteiger partial charge in [-0.2, -0.15) is 0 Å². The molecule has 0 aliphatic heterocycles. The van der Waals surface area contributed by atoms with E-state index in [4.69, 9.17) is 0 Å². The van der Waals surface area contributed by atoms with E-state index in [1.807, 2.05) is 6.92 Å². The maximum Gasteiger partial charge on any atom is 0.124 e. The van der Waals surface area contributed by atoms with Crippen LogP contribution in [-0.4, -0.2) is 36.9 Å². The Bertz CT molecular complexity index is 347. The Labute approximate surface area is 94.6 Å². The average molecular weight is 308 g/mol. The molecule has 4 nitrogen and oxygen atoms in total. The fourth-order valence-corrected chi connectivity index (χ4v) is 1.17. The van der Waals surface area contributed by atoms with Crippen LogP contribution < -0.4 is 6.15 Å². The van der Waals surface area contributed by atoms with Gasteiger partial charge in [0.2, 0.25) is 0 Å². The summed E-state index contributed by atoms with van der Waals surface area (Å²) in [7, 11) is -4.27. The number of hydrogen-bond acceptors (Lipinski definition) is 3. The third-order valence-electron chi connectivity index (χ3n) is 1.31. The second-order valence-electron chi connectivity index (χ2n) is 2.27. The molecular weight excluding hydrogens is 297 g/mol. The molecule has 4 radical (unpaired) electrons. The molecule has 4 N–H and O–H groups in total. The molecule has 1 aromatic rings. The average Bonchev–Trinajstić information content (AvgIpc) is 1.86. The topological polar surface area (TPSA) is 93.7 Å². The van der Waals surface area contributed by atoms with Crippen LogP contribution in [0.15, 0.2) is 29.2 Å². The largest absolute Gasteiger partial charge is 0.744 e. The Hall–Kier alpha value is -0.111. The Morgan fingerprint density at radius 3 is 1.85 bits per heavy atom. The van der Waals surface area contributed by atoms with E-state index in [1.165, 1.54) is 12.1 Å². The van der Waals surface area contributed by atoms with Crippen LogP contribution in [0.2, 0.25) is 0 Å². The van der Waals surface area contributed by atoms with Crippen LogP contribution in [0, 0.1) is 6.92 Å². The van der Waals surface area contributed by atoms with Crippen LogP contribution in [0.25, 0.3) is 0 Å². The maximum atomic E-state index is 10.4. The zero-order valence-electron chi connectivity index (χ0n) is 7.44. The summed E-state index contributed by atoms with van der Waals surface area (Å²) < 4.78 is 31.2. The van der Waals surface area contributed by atoms with Crippen molar-refractivity contribution < 1.29 is 13.0 Å². The number of rotatable bonds is 1. The Balaban J connectivity index is 0. The van der Waals surface area contributed by atoms with Crippen LogP contribution in [-0.2, 0) is 10.1 Å². The molecule has 0 fully saturated rings. The molecule has 0 saturated heterocycles. The molecule has 0 unspecified atom stereocenters. The summed E-state index contributed by atoms with van der Waals surface area (Å²) in [5, 5.41) is 0. The molecule has 1 aromatic carbocycles. The SMILES string of the molecule is Cc1ccc(S(=O)(=O)[O-])cc1.[NH4+].[Sn]. The third-order valence-corrected chi connectivity index (χ3v) is 2.16. The predicted octanol–water partition coefficient (Wildman–Crippen LogP) is 0.895. The summed E-state index contributed by atoms with van der Waals surface area (Å²) in [4.78, 5) is -0.178. The normalized spacial score (nSPS) is 9.69. The van der Waals surface area contributed by atoms with Crippen LogP contribution in [0.1, 0.15) is 5.56 Å². The predicted molar refractivity (Wildman–Crippen MR) is 50.9 cm³/mol. The van der Waals surface area contributed by atoms with Crippen molar-refractivity contribution in [2.75, 3.05) is 0 Å². The van der Waals surface area contributed by atoms with Crippen molar-refractivity contribution in [3.8, 4) is 0 Å². The molecule has 0 aliphatic rings. The van der Waals surface area contributed by atoms with Gasteiger partial charge in [0, 0.05) is 23.9 Å². The first-order valence-corrected chi connectivity index (χ1v) is 4.43. The molecule has 0 saturated carbocycles. The van der Waals surface area contributed by atoms with Crippen molar-refractivity contribution in [1.29, 1.82) is 0 Å². The van der Waals surface area contributed by atoms with Gasteiger partial charge in [-0.3, -0.25) is 0 Å². The first-order chi connectivity index (χ1) is 5.00. The fraction of sp³-hybridized carbons (Fsp3) is 0.143. The van der Waals surface area contributed by atoms with Crippen molar-refractivity contribution >= 4 is 34.0 Å². The molecule has 72 valence electrons. The van der Waals surface area contributed by atoms with Crippen molar-refractivity contribution in [2.24, 2.45) is 0 Å². The molecule has 0 heterocycles. The zero-order valence-corrected chi connectivity index (χ0v) is 11.1. The Morgan fingerprint density at radius 1 is 1.15 bits per heavy atom. The molecule has 0 amide bonds. The van der Waals surface area contributed by atoms with Crippen molar-refractivity contribution in [3.05, 3.63) is 29.8 Å². The minimum absolute atomic E-state index is 0. The smallest absolute Gasteiger partial charge is 0.124 e. The second-order valence-corrected chi connectivity index (χ2v) is 3.65. The first kappa shape index (κ1) is 15.4. The summed E-state index contributed by atoms with van der Waals surface area (Å²) in [5.41, 5.74) is 0.928. The first-order valence-electron chi connectivity index (χ1n) is 3.03. The van der Waals surface area contributed by atoms with Gasteiger partial charge in [-0.15, -0.1) is 0 Å². The minimum atomic E-state index is -4.27.